The third-order valence-corrected chi connectivity index (χ3v) is 9.08. The number of amides is 3. The van der Waals surface area contributed by atoms with Crippen molar-refractivity contribution in [2.75, 3.05) is 12.3 Å². The van der Waals surface area contributed by atoms with E-state index in [1.165, 1.54) is 23.7 Å². The van der Waals surface area contributed by atoms with Crippen LogP contribution in [0.1, 0.15) is 56.9 Å². The summed E-state index contributed by atoms with van der Waals surface area (Å²) < 4.78 is 1.94. The lowest BCUT2D eigenvalue weighted by molar-refractivity contribution is -0.784. The summed E-state index contributed by atoms with van der Waals surface area (Å²) in [4.78, 5) is 32.4. The van der Waals surface area contributed by atoms with Gasteiger partial charge in [0.1, 0.15) is 11.8 Å². The van der Waals surface area contributed by atoms with E-state index >= 15 is 0 Å². The van der Waals surface area contributed by atoms with Gasteiger partial charge in [0.05, 0.1) is 17.6 Å². The molecule has 1 unspecified atom stereocenters. The number of hydrogen-bond acceptors (Lipinski definition) is 4. The van der Waals surface area contributed by atoms with Gasteiger partial charge in [0, 0.05) is 31.8 Å². The molecule has 184 valence electrons. The first-order chi connectivity index (χ1) is 17.0. The molecular formula is C28H35N4O2S+. The van der Waals surface area contributed by atoms with E-state index in [1.54, 1.807) is 0 Å². The molecule has 1 N–H and O–H groups in total. The molecule has 4 atom stereocenters. The van der Waals surface area contributed by atoms with E-state index in [2.05, 4.69) is 36.5 Å². The Morgan fingerprint density at radius 3 is 2.51 bits per heavy atom. The molecule has 3 amide bonds. The molecule has 0 radical (unpaired) electrons. The van der Waals surface area contributed by atoms with E-state index in [9.17, 15) is 9.59 Å². The second kappa shape index (κ2) is 10.2. The van der Waals surface area contributed by atoms with Crippen LogP contribution in [0.5, 0.6) is 0 Å². The second-order valence-corrected chi connectivity index (χ2v) is 11.0. The number of imide groups is 1. The molecule has 1 aromatic heterocycles. The van der Waals surface area contributed by atoms with Crippen molar-refractivity contribution in [3.8, 4) is 0 Å². The number of imidazole rings is 1. The first-order valence-corrected chi connectivity index (χ1v) is 13.8. The molecule has 0 spiro atoms. The Morgan fingerprint density at radius 1 is 1.03 bits per heavy atom. The van der Waals surface area contributed by atoms with Crippen molar-refractivity contribution in [3.05, 3.63) is 60.2 Å². The molecule has 7 heteroatoms. The first-order valence-electron chi connectivity index (χ1n) is 12.8. The lowest BCUT2D eigenvalue weighted by Crippen LogP contribution is -2.65. The van der Waals surface area contributed by atoms with E-state index in [1.807, 2.05) is 41.9 Å². The molecule has 3 aromatic rings. The van der Waals surface area contributed by atoms with Gasteiger partial charge in [-0.15, -0.1) is 0 Å². The Balaban J connectivity index is 1.34. The lowest BCUT2D eigenvalue weighted by Gasteiger charge is -2.37. The number of fused-ring (bicyclic) bond motifs is 1. The number of para-hydroxylation sites is 2. The number of benzene rings is 2. The molecule has 0 bridgehead atoms. The molecule has 1 aliphatic heterocycles. The maximum atomic E-state index is 13.9. The van der Waals surface area contributed by atoms with Crippen LogP contribution in [0.15, 0.2) is 59.8 Å². The van der Waals surface area contributed by atoms with Gasteiger partial charge in [0.2, 0.25) is 0 Å². The Kier molecular flexibility index (Phi) is 6.98. The standard InChI is InChI=1S/C28H34N4O2S/c1-20-11-10-18-32(20,26(33)19-35-27-29-24-16-8-9-17-25(24)31(27)2)28(34)30-23-15-7-6-14-22(23)21-12-4-3-5-13-21/h3-5,8-9,12-13,16-17,20,22-23H,6-7,10-11,14-15,18-19H2,1-2H3/p+1/t20-,22+,23-,32?/m1/s1. The minimum Gasteiger partial charge on any atom is -0.322 e. The van der Waals surface area contributed by atoms with Gasteiger partial charge < -0.3 is 9.88 Å². The Bertz CT molecular complexity index is 1210. The van der Waals surface area contributed by atoms with Crippen LogP contribution in [0.4, 0.5) is 4.79 Å². The molecule has 2 fully saturated rings. The van der Waals surface area contributed by atoms with E-state index in [0.717, 1.165) is 48.3 Å². The predicted octanol–water partition coefficient (Wildman–Crippen LogP) is 5.63. The Labute approximate surface area is 211 Å². The second-order valence-electron chi connectivity index (χ2n) is 10.1. The fourth-order valence-electron chi connectivity index (χ4n) is 6.03. The van der Waals surface area contributed by atoms with Crippen molar-refractivity contribution in [2.24, 2.45) is 7.05 Å². The zero-order chi connectivity index (χ0) is 24.4. The average Bonchev–Trinajstić information content (AvgIpc) is 3.44. The van der Waals surface area contributed by atoms with Crippen molar-refractivity contribution in [2.45, 2.75) is 68.6 Å². The summed E-state index contributed by atoms with van der Waals surface area (Å²) >= 11 is 1.44. The molecule has 2 heterocycles. The highest BCUT2D eigenvalue weighted by Crippen LogP contribution is 2.35. The van der Waals surface area contributed by atoms with Gasteiger partial charge in [0.15, 0.2) is 5.16 Å². The summed E-state index contributed by atoms with van der Waals surface area (Å²) in [5.41, 5.74) is 3.25. The third-order valence-electron chi connectivity index (χ3n) is 8.07. The van der Waals surface area contributed by atoms with Crippen LogP contribution in [0, 0.1) is 0 Å². The van der Waals surface area contributed by atoms with E-state index in [4.69, 9.17) is 4.98 Å². The van der Waals surface area contributed by atoms with Crippen LogP contribution in [0.3, 0.4) is 0 Å². The fourth-order valence-corrected chi connectivity index (χ4v) is 6.97. The number of carbonyl (C=O) groups excluding carboxylic acids is 2. The zero-order valence-corrected chi connectivity index (χ0v) is 21.5. The van der Waals surface area contributed by atoms with Crippen molar-refractivity contribution >= 4 is 34.7 Å². The van der Waals surface area contributed by atoms with Crippen molar-refractivity contribution in [1.82, 2.24) is 14.9 Å². The zero-order valence-electron chi connectivity index (χ0n) is 20.7. The summed E-state index contributed by atoms with van der Waals surface area (Å²) in [7, 11) is 1.98. The maximum absolute atomic E-state index is 13.9. The molecule has 2 aliphatic rings. The molecule has 2 aromatic carbocycles. The van der Waals surface area contributed by atoms with Crippen LogP contribution in [-0.2, 0) is 11.8 Å². The van der Waals surface area contributed by atoms with Gasteiger partial charge in [-0.2, -0.15) is 4.48 Å². The van der Waals surface area contributed by atoms with Gasteiger partial charge in [-0.25, -0.2) is 14.6 Å². The summed E-state index contributed by atoms with van der Waals surface area (Å²) in [5, 5.41) is 4.18. The topological polar surface area (TPSA) is 64.0 Å². The van der Waals surface area contributed by atoms with Gasteiger partial charge in [-0.05, 0) is 37.5 Å². The Morgan fingerprint density at radius 2 is 1.77 bits per heavy atom. The quantitative estimate of drug-likeness (QED) is 0.371. The van der Waals surface area contributed by atoms with Crippen LogP contribution in [0.25, 0.3) is 11.0 Å². The number of likely N-dealkylation sites (tertiary alicyclic amines) is 1. The van der Waals surface area contributed by atoms with E-state index in [-0.39, 0.29) is 34.3 Å². The summed E-state index contributed by atoms with van der Waals surface area (Å²) in [6.45, 7) is 2.64. The summed E-state index contributed by atoms with van der Waals surface area (Å²) in [5.74, 6) is 0.523. The Hall–Kier alpha value is -2.64. The number of aromatic nitrogens is 2. The van der Waals surface area contributed by atoms with E-state index < -0.39 is 0 Å². The number of carbonyl (C=O) groups is 2. The third kappa shape index (κ3) is 4.52. The highest BCUT2D eigenvalue weighted by molar-refractivity contribution is 7.99. The molecular weight excluding hydrogens is 456 g/mol. The predicted molar refractivity (Wildman–Crippen MR) is 140 cm³/mol. The van der Waals surface area contributed by atoms with Crippen molar-refractivity contribution in [1.29, 1.82) is 0 Å². The van der Waals surface area contributed by atoms with Gasteiger partial charge in [-0.3, -0.25) is 0 Å². The monoisotopic (exact) mass is 491 g/mol. The minimum absolute atomic E-state index is 0.0118. The highest BCUT2D eigenvalue weighted by atomic mass is 32.2. The van der Waals surface area contributed by atoms with Gasteiger partial charge >= 0.3 is 11.9 Å². The van der Waals surface area contributed by atoms with E-state index in [0.29, 0.717) is 12.5 Å². The summed E-state index contributed by atoms with van der Waals surface area (Å²) in [6, 6.07) is 18.4. The van der Waals surface area contributed by atoms with Gasteiger partial charge in [0.25, 0.3) is 0 Å². The number of rotatable bonds is 5. The van der Waals surface area contributed by atoms with Crippen LogP contribution in [-0.4, -0.2) is 50.4 Å². The molecule has 1 saturated carbocycles. The lowest BCUT2D eigenvalue weighted by atomic mass is 9.80. The highest BCUT2D eigenvalue weighted by Gasteiger charge is 2.53. The summed E-state index contributed by atoms with van der Waals surface area (Å²) in [6.07, 6.45) is 6.10. The largest absolute Gasteiger partial charge is 0.424 e. The molecule has 35 heavy (non-hydrogen) atoms. The van der Waals surface area contributed by atoms with Crippen molar-refractivity contribution < 1.29 is 14.1 Å². The number of nitrogens with one attached hydrogen (secondary N) is 1. The number of urea groups is 1. The fraction of sp³-hybridized carbons (Fsp3) is 0.464. The van der Waals surface area contributed by atoms with Crippen LogP contribution >= 0.6 is 11.8 Å². The normalized spacial score (nSPS) is 26.6. The number of nitrogens with zero attached hydrogens (tertiary/aromatic N) is 3. The van der Waals surface area contributed by atoms with Crippen LogP contribution in [0.2, 0.25) is 0 Å². The number of hydrogen-bond donors (Lipinski definition) is 1. The molecule has 6 nitrogen and oxygen atoms in total. The molecule has 5 rings (SSSR count). The maximum Gasteiger partial charge on any atom is 0.424 e. The SMILES string of the molecule is C[C@@H]1CCC[N+]1(C(=O)CSc1nc2ccccc2n1C)C(=O)N[C@@H]1CCCC[C@H]1c1ccccc1. The smallest absolute Gasteiger partial charge is 0.322 e. The number of aryl methyl sites for hydroxylation is 1. The van der Waals surface area contributed by atoms with Crippen LogP contribution < -0.4 is 5.32 Å². The van der Waals surface area contributed by atoms with Gasteiger partial charge in [-0.1, -0.05) is 67.1 Å². The number of quaternary nitrogens is 1. The molecule has 1 aliphatic carbocycles. The number of thioether (sulfide) groups is 1. The first kappa shape index (κ1) is 24.1. The minimum atomic E-state index is -0.113. The average molecular weight is 492 g/mol. The van der Waals surface area contributed by atoms with Crippen molar-refractivity contribution in [3.63, 3.8) is 0 Å². The molecule has 1 saturated heterocycles.